The van der Waals surface area contributed by atoms with Crippen LogP contribution < -0.4 is 0 Å². The largest absolute Gasteiger partial charge is 0.465 e. The van der Waals surface area contributed by atoms with Crippen molar-refractivity contribution in [3.8, 4) is 0 Å². The third-order valence-electron chi connectivity index (χ3n) is 4.14. The molecule has 0 radical (unpaired) electrons. The van der Waals surface area contributed by atoms with Crippen molar-refractivity contribution in [1.29, 1.82) is 0 Å². The SMILES string of the molecule is CCOC(=O)C(C)(C)c1nc(C2CCC(C)CC2)no1. The van der Waals surface area contributed by atoms with Crippen LogP contribution in [0.5, 0.6) is 0 Å². The molecule has 5 heteroatoms. The molecule has 1 aromatic heterocycles. The molecule has 0 bridgehead atoms. The molecule has 0 spiro atoms. The molecule has 0 aliphatic heterocycles. The number of carbonyl (C=O) groups is 1. The highest BCUT2D eigenvalue weighted by molar-refractivity contribution is 5.80. The van der Waals surface area contributed by atoms with Gasteiger partial charge in [0.05, 0.1) is 6.61 Å². The summed E-state index contributed by atoms with van der Waals surface area (Å²) in [7, 11) is 0. The summed E-state index contributed by atoms with van der Waals surface area (Å²) in [6, 6.07) is 0. The van der Waals surface area contributed by atoms with Crippen molar-refractivity contribution in [2.24, 2.45) is 5.92 Å². The summed E-state index contributed by atoms with van der Waals surface area (Å²) in [5, 5.41) is 4.08. The molecule has 1 aromatic rings. The quantitative estimate of drug-likeness (QED) is 0.792. The van der Waals surface area contributed by atoms with Crippen molar-refractivity contribution in [2.45, 2.75) is 64.7 Å². The molecule has 1 saturated carbocycles. The first kappa shape index (κ1) is 15.0. The highest BCUT2D eigenvalue weighted by Gasteiger charge is 2.38. The standard InChI is InChI=1S/C15H24N2O3/c1-5-19-14(18)15(3,4)13-16-12(17-20-13)11-8-6-10(2)7-9-11/h10-11H,5-9H2,1-4H3. The van der Waals surface area contributed by atoms with E-state index in [0.717, 1.165) is 24.6 Å². The number of esters is 1. The molecular formula is C15H24N2O3. The maximum Gasteiger partial charge on any atom is 0.321 e. The van der Waals surface area contributed by atoms with Crippen LogP contribution >= 0.6 is 0 Å². The molecule has 0 amide bonds. The van der Waals surface area contributed by atoms with Crippen molar-refractivity contribution in [2.75, 3.05) is 6.61 Å². The van der Waals surface area contributed by atoms with E-state index in [0.29, 0.717) is 18.4 Å². The minimum absolute atomic E-state index is 0.326. The number of hydrogen-bond donors (Lipinski definition) is 0. The van der Waals surface area contributed by atoms with Crippen LogP contribution in [-0.2, 0) is 14.9 Å². The first-order valence-corrected chi connectivity index (χ1v) is 7.46. The van der Waals surface area contributed by atoms with Gasteiger partial charge < -0.3 is 9.26 Å². The summed E-state index contributed by atoms with van der Waals surface area (Å²) in [5.41, 5.74) is -0.886. The molecule has 5 nitrogen and oxygen atoms in total. The molecule has 1 aliphatic carbocycles. The van der Waals surface area contributed by atoms with Gasteiger partial charge in [-0.2, -0.15) is 4.98 Å². The van der Waals surface area contributed by atoms with Gasteiger partial charge in [0, 0.05) is 5.92 Å². The van der Waals surface area contributed by atoms with Gasteiger partial charge in [-0.25, -0.2) is 0 Å². The number of ether oxygens (including phenoxy) is 1. The zero-order chi connectivity index (χ0) is 14.8. The van der Waals surface area contributed by atoms with Gasteiger partial charge in [-0.05, 0) is 39.5 Å². The Labute approximate surface area is 120 Å². The van der Waals surface area contributed by atoms with Gasteiger partial charge >= 0.3 is 5.97 Å². The van der Waals surface area contributed by atoms with Crippen molar-refractivity contribution in [1.82, 2.24) is 10.1 Å². The number of nitrogens with zero attached hydrogens (tertiary/aromatic N) is 2. The van der Waals surface area contributed by atoms with Gasteiger partial charge in [-0.3, -0.25) is 4.79 Å². The predicted octanol–water partition coefficient (Wildman–Crippen LogP) is 3.20. The van der Waals surface area contributed by atoms with Crippen molar-refractivity contribution >= 4 is 5.97 Å². The molecular weight excluding hydrogens is 256 g/mol. The number of carbonyl (C=O) groups excluding carboxylic acids is 1. The topological polar surface area (TPSA) is 65.2 Å². The van der Waals surface area contributed by atoms with E-state index < -0.39 is 5.41 Å². The van der Waals surface area contributed by atoms with Crippen molar-refractivity contribution in [3.05, 3.63) is 11.7 Å². The lowest BCUT2D eigenvalue weighted by molar-refractivity contribution is -0.149. The van der Waals surface area contributed by atoms with Crippen molar-refractivity contribution < 1.29 is 14.1 Å². The molecule has 0 unspecified atom stereocenters. The average Bonchev–Trinajstić information content (AvgIpc) is 2.90. The zero-order valence-electron chi connectivity index (χ0n) is 12.8. The Morgan fingerprint density at radius 2 is 2.00 bits per heavy atom. The van der Waals surface area contributed by atoms with E-state index in [-0.39, 0.29) is 5.97 Å². The predicted molar refractivity (Wildman–Crippen MR) is 74.3 cm³/mol. The molecule has 0 saturated heterocycles. The van der Waals surface area contributed by atoms with E-state index in [2.05, 4.69) is 17.1 Å². The van der Waals surface area contributed by atoms with Gasteiger partial charge in [0.25, 0.3) is 0 Å². The summed E-state index contributed by atoms with van der Waals surface area (Å²) >= 11 is 0. The second-order valence-electron chi connectivity index (χ2n) is 6.26. The monoisotopic (exact) mass is 280 g/mol. The normalized spacial score (nSPS) is 23.6. The number of aromatic nitrogens is 2. The Morgan fingerprint density at radius 3 is 2.60 bits per heavy atom. The number of hydrogen-bond acceptors (Lipinski definition) is 5. The van der Waals surface area contributed by atoms with Gasteiger partial charge in [-0.15, -0.1) is 0 Å². The van der Waals surface area contributed by atoms with Gasteiger partial charge in [0.15, 0.2) is 5.82 Å². The van der Waals surface area contributed by atoms with Gasteiger partial charge in [-0.1, -0.05) is 24.9 Å². The molecule has 1 aliphatic rings. The van der Waals surface area contributed by atoms with Gasteiger partial charge in [0.1, 0.15) is 5.41 Å². The molecule has 112 valence electrons. The Balaban J connectivity index is 2.10. The maximum atomic E-state index is 11.9. The van der Waals surface area contributed by atoms with Crippen LogP contribution in [-0.4, -0.2) is 22.7 Å². The van der Waals surface area contributed by atoms with E-state index in [1.807, 2.05) is 0 Å². The second kappa shape index (κ2) is 5.94. The van der Waals surface area contributed by atoms with Crippen LogP contribution in [0.2, 0.25) is 0 Å². The Bertz CT molecular complexity index is 459. The first-order chi connectivity index (χ1) is 9.45. The molecule has 1 heterocycles. The van der Waals surface area contributed by atoms with Crippen LogP contribution in [0.25, 0.3) is 0 Å². The molecule has 2 rings (SSSR count). The van der Waals surface area contributed by atoms with Crippen LogP contribution in [0.1, 0.15) is 71.0 Å². The van der Waals surface area contributed by atoms with E-state index >= 15 is 0 Å². The molecule has 0 N–H and O–H groups in total. The Morgan fingerprint density at radius 1 is 1.35 bits per heavy atom. The van der Waals surface area contributed by atoms with Crippen LogP contribution in [0.15, 0.2) is 4.52 Å². The van der Waals surface area contributed by atoms with E-state index in [9.17, 15) is 4.79 Å². The van der Waals surface area contributed by atoms with E-state index in [1.165, 1.54) is 12.8 Å². The molecule has 0 atom stereocenters. The van der Waals surface area contributed by atoms with Gasteiger partial charge in [0.2, 0.25) is 5.89 Å². The average molecular weight is 280 g/mol. The lowest BCUT2D eigenvalue weighted by Gasteiger charge is -2.23. The van der Waals surface area contributed by atoms with Crippen LogP contribution in [0.3, 0.4) is 0 Å². The van der Waals surface area contributed by atoms with Crippen LogP contribution in [0.4, 0.5) is 0 Å². The molecule has 0 aromatic carbocycles. The zero-order valence-corrected chi connectivity index (χ0v) is 12.8. The summed E-state index contributed by atoms with van der Waals surface area (Å²) in [6.45, 7) is 7.93. The Kier molecular flexibility index (Phi) is 4.45. The maximum absolute atomic E-state index is 11.9. The van der Waals surface area contributed by atoms with Crippen molar-refractivity contribution in [3.63, 3.8) is 0 Å². The number of rotatable bonds is 4. The first-order valence-electron chi connectivity index (χ1n) is 7.46. The highest BCUT2D eigenvalue weighted by atomic mass is 16.5. The van der Waals surface area contributed by atoms with E-state index in [4.69, 9.17) is 9.26 Å². The fraction of sp³-hybridized carbons (Fsp3) is 0.800. The summed E-state index contributed by atoms with van der Waals surface area (Å²) in [4.78, 5) is 16.4. The molecule has 1 fully saturated rings. The lowest BCUT2D eigenvalue weighted by Crippen LogP contribution is -2.31. The third-order valence-corrected chi connectivity index (χ3v) is 4.14. The smallest absolute Gasteiger partial charge is 0.321 e. The summed E-state index contributed by atoms with van der Waals surface area (Å²) in [5.74, 6) is 1.91. The fourth-order valence-electron chi connectivity index (χ4n) is 2.57. The lowest BCUT2D eigenvalue weighted by atomic mass is 9.82. The highest BCUT2D eigenvalue weighted by Crippen LogP contribution is 2.35. The third kappa shape index (κ3) is 3.02. The van der Waals surface area contributed by atoms with Crippen LogP contribution in [0, 0.1) is 5.92 Å². The minimum atomic E-state index is -0.886. The molecule has 20 heavy (non-hydrogen) atoms. The van der Waals surface area contributed by atoms with E-state index in [1.54, 1.807) is 20.8 Å². The minimum Gasteiger partial charge on any atom is -0.465 e. The summed E-state index contributed by atoms with van der Waals surface area (Å²) < 4.78 is 10.4. The second-order valence-corrected chi connectivity index (χ2v) is 6.26. The summed E-state index contributed by atoms with van der Waals surface area (Å²) in [6.07, 6.45) is 4.60. The fourth-order valence-corrected chi connectivity index (χ4v) is 2.57. The Hall–Kier alpha value is -1.39.